The highest BCUT2D eigenvalue weighted by Crippen LogP contribution is 1.94. The van der Waals surface area contributed by atoms with Gasteiger partial charge in [0.15, 0.2) is 0 Å². The number of alkyl halides is 1. The molecule has 0 fully saturated rings. The normalized spacial score (nSPS) is 11.8. The van der Waals surface area contributed by atoms with Gasteiger partial charge in [-0.15, -0.1) is 20.7 Å². The standard InChI is InChI=1S/C8H18IN/c1-3-10-8-6-4-5-7-9-2/h7,10H,3-6,8H2,1-2H3. The van der Waals surface area contributed by atoms with E-state index in [0.29, 0.717) is 20.7 Å². The highest BCUT2D eigenvalue weighted by atomic mass is 127. The average molecular weight is 255 g/mol. The van der Waals surface area contributed by atoms with Gasteiger partial charge in [0.05, 0.1) is 0 Å². The summed E-state index contributed by atoms with van der Waals surface area (Å²) in [5.41, 5.74) is 0. The van der Waals surface area contributed by atoms with Gasteiger partial charge in [0, 0.05) is 0 Å². The van der Waals surface area contributed by atoms with E-state index in [1.54, 1.807) is 0 Å². The first-order valence-corrected chi connectivity index (χ1v) is 7.32. The zero-order valence-electron chi connectivity index (χ0n) is 6.99. The summed E-state index contributed by atoms with van der Waals surface area (Å²) in [6, 6.07) is 0. The van der Waals surface area contributed by atoms with Crippen LogP contribution in [0.15, 0.2) is 0 Å². The van der Waals surface area contributed by atoms with Crippen LogP contribution in [0.5, 0.6) is 0 Å². The number of nitrogens with one attached hydrogen (secondary N) is 1. The molecule has 0 rings (SSSR count). The van der Waals surface area contributed by atoms with Gasteiger partial charge in [0.1, 0.15) is 0 Å². The Kier molecular flexibility index (Phi) is 10.1. The van der Waals surface area contributed by atoms with Crippen molar-refractivity contribution in [1.82, 2.24) is 5.32 Å². The van der Waals surface area contributed by atoms with Gasteiger partial charge >= 0.3 is 0 Å². The zero-order chi connectivity index (χ0) is 7.66. The maximum atomic E-state index is 3.32. The molecule has 2 heteroatoms. The summed E-state index contributed by atoms with van der Waals surface area (Å²) >= 11 is 0.436. The fourth-order valence-corrected chi connectivity index (χ4v) is 1.82. The van der Waals surface area contributed by atoms with E-state index >= 15 is 0 Å². The molecule has 0 spiro atoms. The van der Waals surface area contributed by atoms with Crippen LogP contribution in [0.25, 0.3) is 0 Å². The molecule has 0 heterocycles. The van der Waals surface area contributed by atoms with Crippen molar-refractivity contribution in [2.24, 2.45) is 0 Å². The summed E-state index contributed by atoms with van der Waals surface area (Å²) in [6.45, 7) is 4.47. The second-order valence-corrected chi connectivity index (χ2v) is 4.35. The summed E-state index contributed by atoms with van der Waals surface area (Å²) in [5.74, 6) is 0. The summed E-state index contributed by atoms with van der Waals surface area (Å²) in [6.07, 6.45) is 4.06. The monoisotopic (exact) mass is 255 g/mol. The van der Waals surface area contributed by atoms with E-state index in [2.05, 4.69) is 21.2 Å². The largest absolute Gasteiger partial charge is 0.317 e. The number of hydrogen-bond acceptors (Lipinski definition) is 1. The van der Waals surface area contributed by atoms with Crippen LogP contribution in [0.3, 0.4) is 0 Å². The molecule has 0 amide bonds. The Morgan fingerprint density at radius 2 is 2.20 bits per heavy atom. The molecule has 0 saturated heterocycles. The van der Waals surface area contributed by atoms with E-state index in [1.165, 1.54) is 25.8 Å². The molecule has 0 unspecified atom stereocenters. The second-order valence-electron chi connectivity index (χ2n) is 2.22. The Balaban J connectivity index is 2.77. The van der Waals surface area contributed by atoms with Crippen molar-refractivity contribution in [2.45, 2.75) is 26.2 Å². The molecule has 10 heavy (non-hydrogen) atoms. The molecule has 0 aliphatic rings. The van der Waals surface area contributed by atoms with Gasteiger partial charge in [-0.3, -0.25) is 0 Å². The zero-order valence-corrected chi connectivity index (χ0v) is 9.15. The van der Waals surface area contributed by atoms with Gasteiger partial charge in [-0.05, 0) is 37.3 Å². The van der Waals surface area contributed by atoms with Gasteiger partial charge in [-0.2, -0.15) is 0 Å². The summed E-state index contributed by atoms with van der Waals surface area (Å²) < 4.78 is 2.46. The first-order chi connectivity index (χ1) is 4.91. The lowest BCUT2D eigenvalue weighted by Crippen LogP contribution is -2.13. The Morgan fingerprint density at radius 1 is 1.40 bits per heavy atom. The minimum absolute atomic E-state index is 0.436. The molecule has 0 bridgehead atoms. The van der Waals surface area contributed by atoms with Crippen LogP contribution in [0, 0.1) is 0 Å². The molecule has 0 aliphatic heterocycles. The van der Waals surface area contributed by atoms with Gasteiger partial charge in [-0.1, -0.05) is 10.9 Å². The van der Waals surface area contributed by atoms with Gasteiger partial charge in [0.25, 0.3) is 0 Å². The predicted molar refractivity (Wildman–Crippen MR) is 58.4 cm³/mol. The Labute approximate surface area is 74.3 Å². The van der Waals surface area contributed by atoms with Crippen LogP contribution in [0.2, 0.25) is 0 Å². The minimum Gasteiger partial charge on any atom is -0.317 e. The Bertz CT molecular complexity index is 81.3. The smallest absolute Gasteiger partial charge is 0.00489 e. The van der Waals surface area contributed by atoms with Gasteiger partial charge in [0.2, 0.25) is 0 Å². The highest BCUT2D eigenvalue weighted by Gasteiger charge is 1.83. The van der Waals surface area contributed by atoms with Crippen molar-refractivity contribution in [3.05, 3.63) is 0 Å². The third kappa shape index (κ3) is 8.56. The lowest BCUT2D eigenvalue weighted by atomic mass is 10.2. The molecule has 0 saturated carbocycles. The first-order valence-electron chi connectivity index (χ1n) is 3.92. The van der Waals surface area contributed by atoms with E-state index in [-0.39, 0.29) is 0 Å². The molecule has 1 N–H and O–H groups in total. The number of unbranched alkanes of at least 4 members (excludes halogenated alkanes) is 2. The van der Waals surface area contributed by atoms with Crippen LogP contribution < -0.4 is 5.32 Å². The molecule has 0 aliphatic carbocycles. The number of rotatable bonds is 6. The van der Waals surface area contributed by atoms with Crippen LogP contribution in [-0.2, 0) is 0 Å². The molecule has 0 aromatic heterocycles. The van der Waals surface area contributed by atoms with Crippen molar-refractivity contribution in [3.63, 3.8) is 0 Å². The van der Waals surface area contributed by atoms with Crippen LogP contribution in [-0.4, -0.2) is 22.0 Å². The highest BCUT2D eigenvalue weighted by molar-refractivity contribution is 14.2. The second kappa shape index (κ2) is 9.56. The Hall–Kier alpha value is 0.560. The number of halogens is 1. The molecular formula is C8H18IN. The third-order valence-electron chi connectivity index (χ3n) is 1.32. The van der Waals surface area contributed by atoms with E-state index in [9.17, 15) is 0 Å². The molecule has 62 valence electrons. The molecule has 0 aromatic carbocycles. The van der Waals surface area contributed by atoms with E-state index in [4.69, 9.17) is 0 Å². The molecule has 1 nitrogen and oxygen atoms in total. The van der Waals surface area contributed by atoms with E-state index in [1.807, 2.05) is 0 Å². The number of hydrogen-bond donors (Lipinski definition) is 1. The van der Waals surface area contributed by atoms with Crippen LogP contribution >= 0.6 is 20.7 Å². The van der Waals surface area contributed by atoms with Crippen molar-refractivity contribution >= 4 is 24.7 Å². The maximum Gasteiger partial charge on any atom is -0.00489 e. The van der Waals surface area contributed by atoms with Crippen molar-refractivity contribution in [1.29, 1.82) is 0 Å². The Morgan fingerprint density at radius 3 is 2.80 bits per heavy atom. The summed E-state index contributed by atoms with van der Waals surface area (Å²) in [5, 5.41) is 3.32. The topological polar surface area (TPSA) is 12.0 Å². The first kappa shape index (κ1) is 10.6. The maximum absolute atomic E-state index is 3.32. The quantitative estimate of drug-likeness (QED) is 0.435. The molecular weight excluding hydrogens is 237 g/mol. The molecule has 0 atom stereocenters. The van der Waals surface area contributed by atoms with Crippen LogP contribution in [0.4, 0.5) is 0 Å². The predicted octanol–water partition coefficient (Wildman–Crippen LogP) is 2.17. The fourth-order valence-electron chi connectivity index (χ4n) is 0.757. The van der Waals surface area contributed by atoms with Gasteiger partial charge in [-0.25, -0.2) is 0 Å². The minimum atomic E-state index is 0.436. The van der Waals surface area contributed by atoms with Crippen molar-refractivity contribution < 1.29 is 0 Å². The van der Waals surface area contributed by atoms with Crippen molar-refractivity contribution in [3.8, 4) is 0 Å². The molecule has 0 radical (unpaired) electrons. The lowest BCUT2D eigenvalue weighted by Gasteiger charge is -1.97. The van der Waals surface area contributed by atoms with Crippen LogP contribution in [0.1, 0.15) is 26.2 Å². The summed E-state index contributed by atoms with van der Waals surface area (Å²) in [7, 11) is 0. The summed E-state index contributed by atoms with van der Waals surface area (Å²) in [4.78, 5) is 2.31. The van der Waals surface area contributed by atoms with Crippen molar-refractivity contribution in [2.75, 3.05) is 18.0 Å². The van der Waals surface area contributed by atoms with E-state index < -0.39 is 0 Å². The van der Waals surface area contributed by atoms with E-state index in [0.717, 1.165) is 6.54 Å². The van der Waals surface area contributed by atoms with Gasteiger partial charge < -0.3 is 5.32 Å². The lowest BCUT2D eigenvalue weighted by molar-refractivity contribution is 0.654. The molecule has 0 aromatic rings. The fraction of sp³-hybridized carbons (Fsp3) is 0.875. The average Bonchev–Trinajstić information content (AvgIpc) is 1.97. The SMILES string of the molecule is CCNCCCCC=IC. The third-order valence-corrected chi connectivity index (χ3v) is 2.82.